The Bertz CT molecular complexity index is 591. The Kier molecular flexibility index (Phi) is 7.59. The fourth-order valence-corrected chi connectivity index (χ4v) is 1.93. The number of rotatable bonds is 7. The van der Waals surface area contributed by atoms with Crippen LogP contribution in [-0.2, 0) is 9.53 Å². The standard InChI is InChI=1S/C20H26O4/c1-15(8-9-16-10-12-17(14-21)13-11-16)18(22)6-5-7-19(23)24-20(2,3)4/h5,7-15,18,22H,6H2,1-4H3/b7-5+,9-8+. The van der Waals surface area contributed by atoms with Gasteiger partial charge in [0.15, 0.2) is 0 Å². The predicted octanol–water partition coefficient (Wildman–Crippen LogP) is 3.80. The molecule has 24 heavy (non-hydrogen) atoms. The van der Waals surface area contributed by atoms with Gasteiger partial charge < -0.3 is 9.84 Å². The van der Waals surface area contributed by atoms with Crippen molar-refractivity contribution < 1.29 is 19.4 Å². The van der Waals surface area contributed by atoms with Gasteiger partial charge in [0.1, 0.15) is 11.9 Å². The molecule has 0 aliphatic rings. The first kappa shape index (κ1) is 19.8. The van der Waals surface area contributed by atoms with Gasteiger partial charge in [0.2, 0.25) is 0 Å². The molecule has 0 aromatic heterocycles. The highest BCUT2D eigenvalue weighted by molar-refractivity contribution is 5.82. The molecule has 1 rings (SSSR count). The predicted molar refractivity (Wildman–Crippen MR) is 95.6 cm³/mol. The van der Waals surface area contributed by atoms with Crippen molar-refractivity contribution >= 4 is 18.3 Å². The SMILES string of the molecule is CC(/C=C/c1ccc(C=O)cc1)C(O)C/C=C/C(=O)OC(C)(C)C. The molecule has 1 aromatic rings. The minimum atomic E-state index is -0.589. The van der Waals surface area contributed by atoms with Crippen molar-refractivity contribution in [3.05, 3.63) is 53.6 Å². The molecule has 0 fully saturated rings. The lowest BCUT2D eigenvalue weighted by atomic mass is 10.00. The van der Waals surface area contributed by atoms with Gasteiger partial charge in [0.05, 0.1) is 6.10 Å². The molecule has 0 heterocycles. The summed E-state index contributed by atoms with van der Waals surface area (Å²) in [4.78, 5) is 22.2. The van der Waals surface area contributed by atoms with Crippen LogP contribution in [-0.4, -0.2) is 29.1 Å². The Balaban J connectivity index is 2.48. The molecule has 2 atom stereocenters. The summed E-state index contributed by atoms with van der Waals surface area (Å²) >= 11 is 0. The zero-order valence-corrected chi connectivity index (χ0v) is 14.7. The second-order valence-corrected chi connectivity index (χ2v) is 6.74. The third-order valence-corrected chi connectivity index (χ3v) is 3.31. The molecule has 0 saturated carbocycles. The van der Waals surface area contributed by atoms with Gasteiger partial charge in [-0.05, 0) is 32.8 Å². The summed E-state index contributed by atoms with van der Waals surface area (Å²) < 4.78 is 5.16. The Morgan fingerprint density at radius 2 is 1.79 bits per heavy atom. The Morgan fingerprint density at radius 3 is 2.33 bits per heavy atom. The number of hydrogen-bond acceptors (Lipinski definition) is 4. The molecule has 4 nitrogen and oxygen atoms in total. The number of esters is 1. The summed E-state index contributed by atoms with van der Waals surface area (Å²) in [5.74, 6) is -0.479. The zero-order valence-electron chi connectivity index (χ0n) is 14.7. The minimum Gasteiger partial charge on any atom is -0.457 e. The van der Waals surface area contributed by atoms with Crippen LogP contribution in [0.5, 0.6) is 0 Å². The first-order valence-corrected chi connectivity index (χ1v) is 8.02. The molecule has 0 radical (unpaired) electrons. The van der Waals surface area contributed by atoms with Crippen molar-refractivity contribution in [3.63, 3.8) is 0 Å². The lowest BCUT2D eigenvalue weighted by molar-refractivity contribution is -0.148. The van der Waals surface area contributed by atoms with Gasteiger partial charge in [-0.3, -0.25) is 4.79 Å². The van der Waals surface area contributed by atoms with Crippen LogP contribution in [0.2, 0.25) is 0 Å². The third-order valence-electron chi connectivity index (χ3n) is 3.31. The lowest BCUT2D eigenvalue weighted by Crippen LogP contribution is -2.22. The molecule has 4 heteroatoms. The van der Waals surface area contributed by atoms with Gasteiger partial charge in [-0.15, -0.1) is 0 Å². The van der Waals surface area contributed by atoms with Crippen molar-refractivity contribution in [2.75, 3.05) is 0 Å². The fraction of sp³-hybridized carbons (Fsp3) is 0.400. The van der Waals surface area contributed by atoms with Gasteiger partial charge >= 0.3 is 5.97 Å². The third kappa shape index (κ3) is 7.88. The lowest BCUT2D eigenvalue weighted by Gasteiger charge is -2.18. The van der Waals surface area contributed by atoms with Crippen molar-refractivity contribution in [3.8, 4) is 0 Å². The molecule has 0 amide bonds. The van der Waals surface area contributed by atoms with Crippen LogP contribution < -0.4 is 0 Å². The van der Waals surface area contributed by atoms with Gasteiger partial charge in [-0.1, -0.05) is 49.4 Å². The number of aldehydes is 1. The summed E-state index contributed by atoms with van der Waals surface area (Å²) in [5.41, 5.74) is 1.08. The van der Waals surface area contributed by atoms with Crippen LogP contribution in [0.25, 0.3) is 6.08 Å². The smallest absolute Gasteiger partial charge is 0.330 e. The largest absolute Gasteiger partial charge is 0.457 e. The number of carbonyl (C=O) groups excluding carboxylic acids is 2. The summed E-state index contributed by atoms with van der Waals surface area (Å²) in [6.45, 7) is 7.33. The molecular weight excluding hydrogens is 304 g/mol. The van der Waals surface area contributed by atoms with E-state index in [4.69, 9.17) is 4.74 Å². The summed E-state index contributed by atoms with van der Waals surface area (Å²) in [7, 11) is 0. The number of benzene rings is 1. The number of hydrogen-bond donors (Lipinski definition) is 1. The van der Waals surface area contributed by atoms with E-state index in [1.807, 2.05) is 52.0 Å². The Hall–Kier alpha value is -2.20. The molecule has 0 aliphatic heterocycles. The molecule has 0 saturated heterocycles. The van der Waals surface area contributed by atoms with E-state index in [0.29, 0.717) is 12.0 Å². The monoisotopic (exact) mass is 330 g/mol. The second-order valence-electron chi connectivity index (χ2n) is 6.74. The molecule has 2 unspecified atom stereocenters. The number of ether oxygens (including phenoxy) is 1. The van der Waals surface area contributed by atoms with E-state index in [1.54, 1.807) is 18.2 Å². The first-order chi connectivity index (χ1) is 11.2. The number of aliphatic hydroxyl groups is 1. The number of carbonyl (C=O) groups is 2. The van der Waals surface area contributed by atoms with Crippen LogP contribution >= 0.6 is 0 Å². The normalized spacial score (nSPS) is 14.7. The molecule has 1 aromatic carbocycles. The van der Waals surface area contributed by atoms with Gasteiger partial charge in [-0.2, -0.15) is 0 Å². The van der Waals surface area contributed by atoms with E-state index in [-0.39, 0.29) is 5.92 Å². The molecule has 130 valence electrons. The average Bonchev–Trinajstić information content (AvgIpc) is 2.51. The fourth-order valence-electron chi connectivity index (χ4n) is 1.93. The first-order valence-electron chi connectivity index (χ1n) is 8.02. The van der Waals surface area contributed by atoms with E-state index in [9.17, 15) is 14.7 Å². The van der Waals surface area contributed by atoms with Crippen molar-refractivity contribution in [1.82, 2.24) is 0 Å². The highest BCUT2D eigenvalue weighted by atomic mass is 16.6. The van der Waals surface area contributed by atoms with Crippen molar-refractivity contribution in [2.24, 2.45) is 5.92 Å². The highest BCUT2D eigenvalue weighted by Crippen LogP contribution is 2.13. The molecule has 0 bridgehead atoms. The van der Waals surface area contributed by atoms with Gasteiger partial charge in [0, 0.05) is 17.6 Å². The highest BCUT2D eigenvalue weighted by Gasteiger charge is 2.14. The Morgan fingerprint density at radius 1 is 1.21 bits per heavy atom. The van der Waals surface area contributed by atoms with Crippen LogP contribution in [0.4, 0.5) is 0 Å². The van der Waals surface area contributed by atoms with Crippen molar-refractivity contribution in [1.29, 1.82) is 0 Å². The maximum atomic E-state index is 11.5. The molecule has 0 aliphatic carbocycles. The van der Waals surface area contributed by atoms with E-state index >= 15 is 0 Å². The molecular formula is C20H26O4. The second kappa shape index (κ2) is 9.18. The molecule has 1 N–H and O–H groups in total. The summed E-state index contributed by atoms with van der Waals surface area (Å²) in [6.07, 6.45) is 7.37. The van der Waals surface area contributed by atoms with E-state index in [0.717, 1.165) is 11.8 Å². The van der Waals surface area contributed by atoms with E-state index in [1.165, 1.54) is 6.08 Å². The minimum absolute atomic E-state index is 0.0703. The zero-order chi connectivity index (χ0) is 18.2. The van der Waals surface area contributed by atoms with Gasteiger partial charge in [-0.25, -0.2) is 4.79 Å². The van der Waals surface area contributed by atoms with Crippen LogP contribution in [0.1, 0.15) is 50.0 Å². The quantitative estimate of drug-likeness (QED) is 0.469. The number of aliphatic hydroxyl groups excluding tert-OH is 1. The molecule has 0 spiro atoms. The summed E-state index contributed by atoms with van der Waals surface area (Å²) in [5, 5.41) is 10.1. The average molecular weight is 330 g/mol. The van der Waals surface area contributed by atoms with E-state index < -0.39 is 17.7 Å². The van der Waals surface area contributed by atoms with Gasteiger partial charge in [0.25, 0.3) is 0 Å². The van der Waals surface area contributed by atoms with Crippen LogP contribution in [0.15, 0.2) is 42.5 Å². The van der Waals surface area contributed by atoms with Crippen LogP contribution in [0, 0.1) is 5.92 Å². The maximum absolute atomic E-state index is 11.5. The maximum Gasteiger partial charge on any atom is 0.330 e. The van der Waals surface area contributed by atoms with Crippen LogP contribution in [0.3, 0.4) is 0 Å². The topological polar surface area (TPSA) is 63.6 Å². The van der Waals surface area contributed by atoms with Crippen molar-refractivity contribution in [2.45, 2.75) is 45.8 Å². The Labute approximate surface area is 143 Å². The van der Waals surface area contributed by atoms with E-state index in [2.05, 4.69) is 0 Å². The summed E-state index contributed by atoms with van der Waals surface area (Å²) in [6, 6.07) is 7.19.